The van der Waals surface area contributed by atoms with Crippen LogP contribution in [0.4, 0.5) is 0 Å². The zero-order valence-corrected chi connectivity index (χ0v) is 12.4. The minimum absolute atomic E-state index is 0.0437. The third kappa shape index (κ3) is 3.46. The van der Waals surface area contributed by atoms with Gasteiger partial charge in [0.25, 0.3) is 0 Å². The first kappa shape index (κ1) is 14.7. The van der Waals surface area contributed by atoms with E-state index in [1.807, 2.05) is 0 Å². The van der Waals surface area contributed by atoms with Crippen LogP contribution in [0.1, 0.15) is 84.0 Å². The molecule has 2 heteroatoms. The third-order valence-corrected chi connectivity index (χ3v) is 5.38. The van der Waals surface area contributed by atoms with Crippen LogP contribution in [0.2, 0.25) is 0 Å². The molecule has 2 saturated carbocycles. The summed E-state index contributed by atoms with van der Waals surface area (Å²) in [5, 5.41) is 0. The number of carbonyl (C=O) groups is 2. The monoisotopic (exact) mass is 264 g/mol. The van der Waals surface area contributed by atoms with Gasteiger partial charge in [0.2, 0.25) is 5.78 Å². The van der Waals surface area contributed by atoms with Crippen LogP contribution in [0.15, 0.2) is 0 Å². The molecule has 0 aliphatic heterocycles. The summed E-state index contributed by atoms with van der Waals surface area (Å²) in [7, 11) is 0. The Bertz CT molecular complexity index is 326. The van der Waals surface area contributed by atoms with E-state index in [4.69, 9.17) is 0 Å². The quantitative estimate of drug-likeness (QED) is 0.655. The van der Waals surface area contributed by atoms with Crippen molar-refractivity contribution >= 4 is 11.6 Å². The van der Waals surface area contributed by atoms with Crippen molar-refractivity contribution in [3.8, 4) is 0 Å². The largest absolute Gasteiger partial charge is 0.291 e. The number of Topliss-reactive ketones (excluding diaryl/α,β-unsaturated/α-hetero) is 2. The lowest BCUT2D eigenvalue weighted by Gasteiger charge is -2.38. The fraction of sp³-hybridized carbons (Fsp3) is 0.882. The molecular formula is C17H28O2. The number of hydrogen-bond donors (Lipinski definition) is 0. The maximum absolute atomic E-state index is 12.6. The van der Waals surface area contributed by atoms with Gasteiger partial charge in [-0.1, -0.05) is 51.9 Å². The first-order valence-corrected chi connectivity index (χ1v) is 8.22. The summed E-state index contributed by atoms with van der Waals surface area (Å²) in [5.41, 5.74) is -0.352. The third-order valence-electron chi connectivity index (χ3n) is 5.38. The minimum atomic E-state index is -0.352. The fourth-order valence-electron chi connectivity index (χ4n) is 3.98. The van der Waals surface area contributed by atoms with Crippen LogP contribution in [0.3, 0.4) is 0 Å². The van der Waals surface area contributed by atoms with Gasteiger partial charge in [-0.3, -0.25) is 9.59 Å². The van der Waals surface area contributed by atoms with E-state index >= 15 is 0 Å². The van der Waals surface area contributed by atoms with E-state index in [1.165, 1.54) is 32.1 Å². The Balaban J connectivity index is 2.14. The predicted molar refractivity (Wildman–Crippen MR) is 77.0 cm³/mol. The highest BCUT2D eigenvalue weighted by Crippen LogP contribution is 2.43. The summed E-state index contributed by atoms with van der Waals surface area (Å²) < 4.78 is 0. The summed E-state index contributed by atoms with van der Waals surface area (Å²) in [6.45, 7) is 2.09. The van der Waals surface area contributed by atoms with E-state index in [0.717, 1.165) is 38.5 Å². The van der Waals surface area contributed by atoms with Gasteiger partial charge in [-0.15, -0.1) is 0 Å². The molecule has 0 aromatic heterocycles. The van der Waals surface area contributed by atoms with Gasteiger partial charge in [0.15, 0.2) is 5.78 Å². The van der Waals surface area contributed by atoms with Crippen LogP contribution in [-0.2, 0) is 9.59 Å². The smallest absolute Gasteiger partial charge is 0.204 e. The van der Waals surface area contributed by atoms with Crippen molar-refractivity contribution in [3.05, 3.63) is 0 Å². The van der Waals surface area contributed by atoms with Gasteiger partial charge in [-0.2, -0.15) is 0 Å². The molecule has 0 radical (unpaired) electrons. The Kier molecular flexibility index (Phi) is 5.18. The molecule has 108 valence electrons. The maximum atomic E-state index is 12.6. The highest BCUT2D eigenvalue weighted by atomic mass is 16.2. The summed E-state index contributed by atoms with van der Waals surface area (Å²) >= 11 is 0. The second-order valence-corrected chi connectivity index (χ2v) is 6.77. The van der Waals surface area contributed by atoms with E-state index in [2.05, 4.69) is 6.92 Å². The molecule has 1 atom stereocenters. The van der Waals surface area contributed by atoms with Crippen LogP contribution < -0.4 is 0 Å². The number of carbonyl (C=O) groups excluding carboxylic acids is 2. The first-order chi connectivity index (χ1) is 9.14. The first-order valence-electron chi connectivity index (χ1n) is 8.22. The van der Waals surface area contributed by atoms with Crippen molar-refractivity contribution in [2.45, 2.75) is 84.0 Å². The van der Waals surface area contributed by atoms with Gasteiger partial charge in [0.1, 0.15) is 0 Å². The standard InChI is InChI=1S/C17H28O2/c1-17(14-10-6-3-2-4-7-11-14)13-9-5-8-12-15(18)16(17)19/h14H,2-13H2,1H3. The lowest BCUT2D eigenvalue weighted by atomic mass is 9.64. The summed E-state index contributed by atoms with van der Waals surface area (Å²) in [4.78, 5) is 24.6. The van der Waals surface area contributed by atoms with Gasteiger partial charge in [-0.05, 0) is 31.6 Å². The van der Waals surface area contributed by atoms with E-state index in [9.17, 15) is 9.59 Å². The molecule has 2 nitrogen and oxygen atoms in total. The molecule has 1 unspecified atom stereocenters. The molecule has 0 aromatic rings. The molecule has 19 heavy (non-hydrogen) atoms. The van der Waals surface area contributed by atoms with Gasteiger partial charge in [0.05, 0.1) is 0 Å². The topological polar surface area (TPSA) is 34.1 Å². The van der Waals surface area contributed by atoms with Gasteiger partial charge >= 0.3 is 0 Å². The molecule has 0 saturated heterocycles. The van der Waals surface area contributed by atoms with E-state index in [-0.39, 0.29) is 17.0 Å². The zero-order chi connectivity index (χ0) is 13.7. The summed E-state index contributed by atoms with van der Waals surface area (Å²) in [6, 6.07) is 0. The molecule has 0 amide bonds. The average Bonchev–Trinajstić information content (AvgIpc) is 2.35. The van der Waals surface area contributed by atoms with Crippen LogP contribution in [0.5, 0.6) is 0 Å². The van der Waals surface area contributed by atoms with E-state index in [1.54, 1.807) is 0 Å². The molecule has 2 fully saturated rings. The Labute approximate surface area is 117 Å². The number of hydrogen-bond acceptors (Lipinski definition) is 2. The number of rotatable bonds is 1. The molecule has 0 aromatic carbocycles. The minimum Gasteiger partial charge on any atom is -0.291 e. The van der Waals surface area contributed by atoms with E-state index < -0.39 is 0 Å². The van der Waals surface area contributed by atoms with Crippen molar-refractivity contribution in [2.24, 2.45) is 11.3 Å². The molecule has 0 heterocycles. The molecule has 2 aliphatic carbocycles. The lowest BCUT2D eigenvalue weighted by molar-refractivity contribution is -0.145. The molecule has 0 spiro atoms. The van der Waals surface area contributed by atoms with Crippen LogP contribution >= 0.6 is 0 Å². The van der Waals surface area contributed by atoms with Crippen molar-refractivity contribution in [1.29, 1.82) is 0 Å². The molecule has 2 rings (SSSR count). The molecular weight excluding hydrogens is 236 g/mol. The fourth-order valence-corrected chi connectivity index (χ4v) is 3.98. The molecule has 0 bridgehead atoms. The van der Waals surface area contributed by atoms with Crippen molar-refractivity contribution in [1.82, 2.24) is 0 Å². The van der Waals surface area contributed by atoms with Crippen molar-refractivity contribution < 1.29 is 9.59 Å². The van der Waals surface area contributed by atoms with E-state index in [0.29, 0.717) is 12.3 Å². The average molecular weight is 264 g/mol. The lowest BCUT2D eigenvalue weighted by Crippen LogP contribution is -2.41. The van der Waals surface area contributed by atoms with Crippen LogP contribution in [0, 0.1) is 11.3 Å². The van der Waals surface area contributed by atoms with Crippen molar-refractivity contribution in [2.75, 3.05) is 0 Å². The molecule has 2 aliphatic rings. The Morgan fingerprint density at radius 1 is 0.842 bits per heavy atom. The summed E-state index contributed by atoms with van der Waals surface area (Å²) in [6.07, 6.45) is 13.3. The SMILES string of the molecule is CC1(C2CCCCCCC2)CCCCCC(=O)C1=O. The van der Waals surface area contributed by atoms with Crippen molar-refractivity contribution in [3.63, 3.8) is 0 Å². The second kappa shape index (κ2) is 6.67. The second-order valence-electron chi connectivity index (χ2n) is 6.77. The highest BCUT2D eigenvalue weighted by Gasteiger charge is 2.43. The van der Waals surface area contributed by atoms with Crippen LogP contribution in [-0.4, -0.2) is 11.6 Å². The molecule has 0 N–H and O–H groups in total. The Hall–Kier alpha value is -0.660. The maximum Gasteiger partial charge on any atom is 0.204 e. The normalized spacial score (nSPS) is 32.3. The predicted octanol–water partition coefficient (Wildman–Crippen LogP) is 4.46. The van der Waals surface area contributed by atoms with Gasteiger partial charge < -0.3 is 0 Å². The Morgan fingerprint density at radius 3 is 2.11 bits per heavy atom. The van der Waals surface area contributed by atoms with Gasteiger partial charge in [0, 0.05) is 11.8 Å². The zero-order valence-electron chi connectivity index (χ0n) is 12.4. The highest BCUT2D eigenvalue weighted by molar-refractivity contribution is 6.39. The van der Waals surface area contributed by atoms with Gasteiger partial charge in [-0.25, -0.2) is 0 Å². The number of ketones is 2. The summed E-state index contributed by atoms with van der Waals surface area (Å²) in [5.74, 6) is 0.310. The van der Waals surface area contributed by atoms with Crippen LogP contribution in [0.25, 0.3) is 0 Å². The Morgan fingerprint density at radius 2 is 1.42 bits per heavy atom.